The lowest BCUT2D eigenvalue weighted by atomic mass is 10.3. The highest BCUT2D eigenvalue weighted by Gasteiger charge is 2.07. The third-order valence-electron chi connectivity index (χ3n) is 1.77. The maximum absolute atomic E-state index is 10.2. The first-order chi connectivity index (χ1) is 7.63. The average Bonchev–Trinajstić information content (AvgIpc) is 2.56. The molecule has 0 fully saturated rings. The van der Waals surface area contributed by atoms with E-state index in [2.05, 4.69) is 15.1 Å². The molecule has 1 aromatic heterocycles. The van der Waals surface area contributed by atoms with Crippen LogP contribution in [0.4, 0.5) is 5.13 Å². The molecule has 1 aromatic rings. The Balaban J connectivity index is 2.46. The summed E-state index contributed by atoms with van der Waals surface area (Å²) in [5.74, 6) is 0. The molecule has 1 heterocycles. The smallest absolute Gasteiger partial charge is 0.183 e. The van der Waals surface area contributed by atoms with Crippen LogP contribution in [0, 0.1) is 6.92 Å². The third-order valence-corrected chi connectivity index (χ3v) is 2.94. The number of aldehydes is 1. The average molecular weight is 247 g/mol. The van der Waals surface area contributed by atoms with Gasteiger partial charge in [0.25, 0.3) is 0 Å². The van der Waals surface area contributed by atoms with Crippen LogP contribution < -0.4 is 5.32 Å². The summed E-state index contributed by atoms with van der Waals surface area (Å²) in [6.45, 7) is 2.21. The number of carbonyl (C=O) groups excluding carboxylic acids is 1. The summed E-state index contributed by atoms with van der Waals surface area (Å²) in [5.41, 5.74) is 0.837. The zero-order chi connectivity index (χ0) is 12.0. The van der Waals surface area contributed by atoms with Gasteiger partial charge in [-0.05, 0) is 6.92 Å². The van der Waals surface area contributed by atoms with Crippen LogP contribution in [0.3, 0.4) is 0 Å². The van der Waals surface area contributed by atoms with Crippen LogP contribution in [0.1, 0.15) is 10.6 Å². The molecule has 0 saturated heterocycles. The van der Waals surface area contributed by atoms with Gasteiger partial charge in [-0.1, -0.05) is 0 Å². The molecule has 0 aliphatic carbocycles. The molecule has 16 heavy (non-hydrogen) atoms. The Bertz CT molecular complexity index is 342. The Morgan fingerprint density at radius 1 is 1.62 bits per heavy atom. The van der Waals surface area contributed by atoms with Crippen LogP contribution in [-0.2, 0) is 16.1 Å². The van der Waals surface area contributed by atoms with Gasteiger partial charge in [-0.2, -0.15) is 0 Å². The fourth-order valence-electron chi connectivity index (χ4n) is 1.08. The monoisotopic (exact) mass is 247 g/mol. The van der Waals surface area contributed by atoms with Gasteiger partial charge in [-0.3, -0.25) is 15.3 Å². The zero-order valence-corrected chi connectivity index (χ0v) is 9.53. The molecule has 0 unspecified atom stereocenters. The summed E-state index contributed by atoms with van der Waals surface area (Å²) in [7, 11) is 0. The van der Waals surface area contributed by atoms with Crippen molar-refractivity contribution in [3.63, 3.8) is 0 Å². The number of anilines is 1. The van der Waals surface area contributed by atoms with Gasteiger partial charge in [-0.25, -0.2) is 4.98 Å². The van der Waals surface area contributed by atoms with Crippen molar-refractivity contribution < 1.29 is 20.0 Å². The largest absolute Gasteiger partial charge is 0.355 e. The molecule has 0 radical (unpaired) electrons. The minimum atomic E-state index is -0.318. The molecule has 90 valence electrons. The number of aromatic nitrogens is 1. The van der Waals surface area contributed by atoms with Crippen LogP contribution in [0.15, 0.2) is 0 Å². The summed E-state index contributed by atoms with van der Waals surface area (Å²) in [6, 6.07) is 0. The lowest BCUT2D eigenvalue weighted by molar-refractivity contribution is -0.492. The minimum absolute atomic E-state index is 0.142. The van der Waals surface area contributed by atoms with Crippen LogP contribution in [0.5, 0.6) is 0 Å². The maximum atomic E-state index is 10.2. The molecular formula is C8H13N3O4S. The molecule has 0 bridgehead atoms. The molecule has 0 atom stereocenters. The van der Waals surface area contributed by atoms with Gasteiger partial charge < -0.3 is 10.1 Å². The predicted octanol–water partition coefficient (Wildman–Crippen LogP) is 0.617. The quantitative estimate of drug-likeness (QED) is 0.480. The Labute approximate surface area is 96.2 Å². The van der Waals surface area contributed by atoms with Crippen LogP contribution in [0.2, 0.25) is 0 Å². The number of hydrogen-bond donors (Lipinski definition) is 3. The molecule has 8 heteroatoms. The Morgan fingerprint density at radius 2 is 2.38 bits per heavy atom. The second-order valence-corrected chi connectivity index (χ2v) is 3.99. The highest BCUT2D eigenvalue weighted by molar-refractivity contribution is 7.15. The van der Waals surface area contributed by atoms with E-state index >= 15 is 0 Å². The van der Waals surface area contributed by atoms with Crippen molar-refractivity contribution in [2.45, 2.75) is 13.3 Å². The van der Waals surface area contributed by atoms with Crippen LogP contribution >= 0.6 is 11.3 Å². The summed E-state index contributed by atoms with van der Waals surface area (Å²) in [5, 5.41) is 19.8. The zero-order valence-electron chi connectivity index (χ0n) is 8.71. The topological polar surface area (TPSA) is 94.9 Å². The number of nitrogens with one attached hydrogen (secondary N) is 1. The van der Waals surface area contributed by atoms with E-state index in [0.29, 0.717) is 11.6 Å². The van der Waals surface area contributed by atoms with Gasteiger partial charge in [0.1, 0.15) is 6.29 Å². The molecule has 0 saturated carbocycles. The van der Waals surface area contributed by atoms with Crippen molar-refractivity contribution >= 4 is 22.8 Å². The lowest BCUT2D eigenvalue weighted by Gasteiger charge is -2.04. The van der Waals surface area contributed by atoms with Crippen molar-refractivity contribution in [2.75, 3.05) is 18.5 Å². The van der Waals surface area contributed by atoms with E-state index in [0.717, 1.165) is 16.9 Å². The number of nitrogens with zero attached hydrogens (tertiary/aromatic N) is 2. The molecule has 0 amide bonds. The second-order valence-electron chi connectivity index (χ2n) is 2.91. The maximum Gasteiger partial charge on any atom is 0.183 e. The van der Waals surface area contributed by atoms with Crippen LogP contribution in [-0.4, -0.2) is 40.2 Å². The summed E-state index contributed by atoms with van der Waals surface area (Å²) >= 11 is 1.41. The first-order valence-corrected chi connectivity index (χ1v) is 5.39. The van der Waals surface area contributed by atoms with Crippen molar-refractivity contribution in [1.82, 2.24) is 10.4 Å². The van der Waals surface area contributed by atoms with Crippen molar-refractivity contribution in [2.24, 2.45) is 0 Å². The number of aryl methyl sites for hydroxylation is 1. The minimum Gasteiger partial charge on any atom is -0.355 e. The fraction of sp³-hybridized carbons (Fsp3) is 0.500. The van der Waals surface area contributed by atoms with Crippen molar-refractivity contribution in [3.05, 3.63) is 10.6 Å². The fourth-order valence-corrected chi connectivity index (χ4v) is 2.03. The second kappa shape index (κ2) is 6.51. The van der Waals surface area contributed by atoms with E-state index in [1.807, 2.05) is 6.92 Å². The number of thiazole rings is 1. The van der Waals surface area contributed by atoms with E-state index < -0.39 is 0 Å². The molecule has 1 rings (SSSR count). The van der Waals surface area contributed by atoms with E-state index in [-0.39, 0.29) is 18.5 Å². The van der Waals surface area contributed by atoms with E-state index in [9.17, 15) is 4.79 Å². The molecule has 7 nitrogen and oxygen atoms in total. The molecule has 0 aromatic carbocycles. The Morgan fingerprint density at radius 3 is 3.00 bits per heavy atom. The standard InChI is InChI=1S/C8H13N3O4S/c1-6-7(2-5-15-11(13)14)16-8(10-6)9-3-4-12/h4,13-14H,2-3,5H2,1H3,(H,9,10). The van der Waals surface area contributed by atoms with Gasteiger partial charge in [0.2, 0.25) is 0 Å². The molecule has 0 spiro atoms. The first-order valence-electron chi connectivity index (χ1n) is 4.58. The normalized spacial score (nSPS) is 10.8. The summed E-state index contributed by atoms with van der Waals surface area (Å²) in [6.07, 6.45) is 1.28. The molecule has 3 N–H and O–H groups in total. The highest BCUT2D eigenvalue weighted by atomic mass is 32.1. The molecular weight excluding hydrogens is 234 g/mol. The number of rotatable bonds is 7. The first kappa shape index (κ1) is 13.0. The van der Waals surface area contributed by atoms with Crippen molar-refractivity contribution in [3.8, 4) is 0 Å². The Hall–Kier alpha value is -1.06. The molecule has 0 aliphatic heterocycles. The predicted molar refractivity (Wildman–Crippen MR) is 56.5 cm³/mol. The Kier molecular flexibility index (Phi) is 5.29. The van der Waals surface area contributed by atoms with Gasteiger partial charge in [-0.15, -0.1) is 11.3 Å². The van der Waals surface area contributed by atoms with Gasteiger partial charge in [0.05, 0.1) is 24.2 Å². The van der Waals surface area contributed by atoms with E-state index in [1.165, 1.54) is 11.3 Å². The van der Waals surface area contributed by atoms with Crippen LogP contribution in [0.25, 0.3) is 0 Å². The van der Waals surface area contributed by atoms with Crippen molar-refractivity contribution in [1.29, 1.82) is 0 Å². The number of carbonyl (C=O) groups is 1. The highest BCUT2D eigenvalue weighted by Crippen LogP contribution is 2.22. The van der Waals surface area contributed by atoms with Gasteiger partial charge in [0, 0.05) is 11.3 Å². The third kappa shape index (κ3) is 4.21. The SMILES string of the molecule is Cc1nc(NCC=O)sc1CCON(O)O. The van der Waals surface area contributed by atoms with Gasteiger partial charge in [0.15, 0.2) is 5.13 Å². The number of hydrogen-bond acceptors (Lipinski definition) is 8. The van der Waals surface area contributed by atoms with E-state index in [4.69, 9.17) is 10.4 Å². The summed E-state index contributed by atoms with van der Waals surface area (Å²) < 4.78 is 0. The summed E-state index contributed by atoms with van der Waals surface area (Å²) in [4.78, 5) is 19.8. The lowest BCUT2D eigenvalue weighted by Crippen LogP contribution is -2.16. The molecule has 0 aliphatic rings. The van der Waals surface area contributed by atoms with E-state index in [1.54, 1.807) is 0 Å². The van der Waals surface area contributed by atoms with Gasteiger partial charge >= 0.3 is 0 Å².